The minimum Gasteiger partial charge on any atom is -0.370 e. The Bertz CT molecular complexity index is 877. The molecule has 0 unspecified atom stereocenters. The van der Waals surface area contributed by atoms with Crippen LogP contribution in [-0.2, 0) is 24.0 Å². The second kappa shape index (κ2) is 20.4. The molecule has 0 spiro atoms. The van der Waals surface area contributed by atoms with Crippen molar-refractivity contribution in [3.05, 3.63) is 0 Å². The first kappa shape index (κ1) is 37.5. The van der Waals surface area contributed by atoms with Crippen LogP contribution in [0, 0.1) is 11.8 Å². The predicted octanol–water partition coefficient (Wildman–Crippen LogP) is -2.36. The van der Waals surface area contributed by atoms with Crippen molar-refractivity contribution in [2.75, 3.05) is 19.6 Å². The maximum Gasteiger partial charge on any atom is 0.243 e. The third kappa shape index (κ3) is 17.1. The highest BCUT2D eigenvalue weighted by Crippen LogP contribution is 2.11. The second-order valence-corrected chi connectivity index (χ2v) is 10.9. The maximum absolute atomic E-state index is 13.4. The van der Waals surface area contributed by atoms with Gasteiger partial charge in [-0.25, -0.2) is 0 Å². The van der Waals surface area contributed by atoms with Gasteiger partial charge in [-0.1, -0.05) is 27.7 Å². The quantitative estimate of drug-likeness (QED) is 0.0396. The van der Waals surface area contributed by atoms with Gasteiger partial charge < -0.3 is 49.9 Å². The minimum atomic E-state index is -1.01. The van der Waals surface area contributed by atoms with E-state index in [4.69, 9.17) is 28.7 Å². The summed E-state index contributed by atoms with van der Waals surface area (Å²) in [6, 6.07) is -3.88. The standard InChI is InChI=1S/C26H52N10O5/c1-15(2)12-19(33-21(37)14-28)24(40)36-20(13-16(3)4)25(41)35-18(8-5-6-10-27)23(39)34-17(22(29)38)9-7-11-32-26(30)31/h15-20H,5-14,27-28H2,1-4H3,(H2,29,38)(H,33,37)(H,34,39)(H,35,41)(H,36,40)(H4,30,31,32)/t17-,18-,19-,20-/m0/s1. The van der Waals surface area contributed by atoms with Crippen molar-refractivity contribution in [3.8, 4) is 0 Å². The molecule has 41 heavy (non-hydrogen) atoms. The molecule has 0 aromatic carbocycles. The highest BCUT2D eigenvalue weighted by atomic mass is 16.2. The Morgan fingerprint density at radius 2 is 1.10 bits per heavy atom. The Balaban J connectivity index is 5.74. The summed E-state index contributed by atoms with van der Waals surface area (Å²) in [5.74, 6) is -2.92. The fourth-order valence-corrected chi connectivity index (χ4v) is 4.03. The normalized spacial score (nSPS) is 14.0. The average molecular weight is 585 g/mol. The third-order valence-electron chi connectivity index (χ3n) is 6.07. The van der Waals surface area contributed by atoms with Crippen LogP contribution in [-0.4, -0.2) is 79.3 Å². The number of hydrogen-bond acceptors (Lipinski definition) is 8. The smallest absolute Gasteiger partial charge is 0.243 e. The van der Waals surface area contributed by atoms with Crippen LogP contribution in [0.25, 0.3) is 0 Å². The first-order valence-electron chi connectivity index (χ1n) is 14.2. The molecular formula is C26H52N10O5. The zero-order valence-corrected chi connectivity index (χ0v) is 24.9. The number of aliphatic imine (C=N–C) groups is 1. The average Bonchev–Trinajstić information content (AvgIpc) is 2.87. The Labute approximate surface area is 242 Å². The Hall–Kier alpha value is -3.46. The summed E-state index contributed by atoms with van der Waals surface area (Å²) in [6.07, 6.45) is 2.59. The molecule has 5 amide bonds. The Morgan fingerprint density at radius 1 is 0.634 bits per heavy atom. The van der Waals surface area contributed by atoms with E-state index in [-0.39, 0.29) is 50.1 Å². The third-order valence-corrected chi connectivity index (χ3v) is 6.07. The number of carbonyl (C=O) groups excluding carboxylic acids is 5. The van der Waals surface area contributed by atoms with Gasteiger partial charge in [0.05, 0.1) is 6.54 Å². The molecule has 0 fully saturated rings. The van der Waals surface area contributed by atoms with Crippen LogP contribution in [0.4, 0.5) is 0 Å². The zero-order valence-electron chi connectivity index (χ0n) is 24.9. The molecule has 0 aliphatic rings. The summed E-state index contributed by atoms with van der Waals surface area (Å²) < 4.78 is 0. The molecule has 0 heterocycles. The molecule has 0 rings (SSSR count). The maximum atomic E-state index is 13.4. The number of nitrogens with zero attached hydrogens (tertiary/aromatic N) is 1. The van der Waals surface area contributed by atoms with Gasteiger partial charge in [0.15, 0.2) is 5.96 Å². The summed E-state index contributed by atoms with van der Waals surface area (Å²) in [5.41, 5.74) is 27.1. The summed E-state index contributed by atoms with van der Waals surface area (Å²) in [7, 11) is 0. The van der Waals surface area contributed by atoms with Crippen molar-refractivity contribution in [1.29, 1.82) is 0 Å². The lowest BCUT2D eigenvalue weighted by Gasteiger charge is -2.27. The molecule has 15 heteroatoms. The van der Waals surface area contributed by atoms with Crippen LogP contribution in [0.3, 0.4) is 0 Å². The molecule has 0 bridgehead atoms. The lowest BCUT2D eigenvalue weighted by atomic mass is 9.99. The first-order chi connectivity index (χ1) is 19.2. The molecule has 0 aromatic rings. The van der Waals surface area contributed by atoms with Crippen molar-refractivity contribution in [3.63, 3.8) is 0 Å². The van der Waals surface area contributed by atoms with Gasteiger partial charge in [-0.05, 0) is 63.3 Å². The van der Waals surface area contributed by atoms with Gasteiger partial charge in [-0.3, -0.25) is 29.0 Å². The van der Waals surface area contributed by atoms with Crippen LogP contribution >= 0.6 is 0 Å². The molecule has 0 saturated heterocycles. The Kier molecular flexibility index (Phi) is 18.7. The molecule has 0 aliphatic heterocycles. The summed E-state index contributed by atoms with van der Waals surface area (Å²) in [6.45, 7) is 7.94. The van der Waals surface area contributed by atoms with Gasteiger partial charge in [0.2, 0.25) is 29.5 Å². The lowest BCUT2D eigenvalue weighted by Crippen LogP contribution is -2.58. The zero-order chi connectivity index (χ0) is 31.5. The molecule has 0 radical (unpaired) electrons. The summed E-state index contributed by atoms with van der Waals surface area (Å²) >= 11 is 0. The summed E-state index contributed by atoms with van der Waals surface area (Å²) in [5, 5.41) is 10.7. The largest absolute Gasteiger partial charge is 0.370 e. The fraction of sp³-hybridized carbons (Fsp3) is 0.769. The van der Waals surface area contributed by atoms with Gasteiger partial charge in [0, 0.05) is 6.54 Å². The number of amides is 5. The van der Waals surface area contributed by atoms with E-state index < -0.39 is 53.7 Å². The molecule has 14 N–H and O–H groups in total. The van der Waals surface area contributed by atoms with E-state index in [0.29, 0.717) is 32.2 Å². The highest BCUT2D eigenvalue weighted by molar-refractivity contribution is 5.95. The highest BCUT2D eigenvalue weighted by Gasteiger charge is 2.31. The predicted molar refractivity (Wildman–Crippen MR) is 158 cm³/mol. The number of nitrogens with one attached hydrogen (secondary N) is 4. The molecular weight excluding hydrogens is 532 g/mol. The van der Waals surface area contributed by atoms with E-state index in [9.17, 15) is 24.0 Å². The molecule has 0 saturated carbocycles. The van der Waals surface area contributed by atoms with Crippen molar-refractivity contribution in [2.45, 2.75) is 96.8 Å². The lowest BCUT2D eigenvalue weighted by molar-refractivity contribution is -0.134. The van der Waals surface area contributed by atoms with Crippen molar-refractivity contribution < 1.29 is 24.0 Å². The van der Waals surface area contributed by atoms with Gasteiger partial charge in [-0.15, -0.1) is 0 Å². The number of hydrogen-bond donors (Lipinski definition) is 9. The van der Waals surface area contributed by atoms with Crippen molar-refractivity contribution in [2.24, 2.45) is 45.5 Å². The van der Waals surface area contributed by atoms with E-state index in [1.165, 1.54) is 0 Å². The van der Waals surface area contributed by atoms with Crippen molar-refractivity contribution >= 4 is 35.5 Å². The molecule has 4 atom stereocenters. The van der Waals surface area contributed by atoms with E-state index in [1.54, 1.807) is 0 Å². The van der Waals surface area contributed by atoms with Crippen LogP contribution in [0.5, 0.6) is 0 Å². The van der Waals surface area contributed by atoms with E-state index in [1.807, 2.05) is 27.7 Å². The van der Waals surface area contributed by atoms with E-state index >= 15 is 0 Å². The number of unbranched alkanes of at least 4 members (excludes halogenated alkanes) is 1. The minimum absolute atomic E-state index is 0.0159. The number of guanidine groups is 1. The molecule has 0 aliphatic carbocycles. The van der Waals surface area contributed by atoms with Gasteiger partial charge in [-0.2, -0.15) is 0 Å². The Morgan fingerprint density at radius 3 is 1.56 bits per heavy atom. The number of nitrogens with two attached hydrogens (primary N) is 5. The van der Waals surface area contributed by atoms with Gasteiger partial charge >= 0.3 is 0 Å². The molecule has 15 nitrogen and oxygen atoms in total. The summed E-state index contributed by atoms with van der Waals surface area (Å²) in [4.78, 5) is 67.5. The first-order valence-corrected chi connectivity index (χ1v) is 14.2. The van der Waals surface area contributed by atoms with E-state index in [2.05, 4.69) is 26.3 Å². The number of rotatable bonds is 21. The number of carbonyl (C=O) groups is 5. The van der Waals surface area contributed by atoms with Crippen LogP contribution in [0.15, 0.2) is 4.99 Å². The SMILES string of the molecule is CC(C)C[C@H](NC(=O)CN)C(=O)N[C@@H](CC(C)C)C(=O)N[C@@H](CCCCN)C(=O)N[C@@H](CCCN=C(N)N)C(N)=O. The second-order valence-electron chi connectivity index (χ2n) is 10.9. The van der Waals surface area contributed by atoms with Crippen LogP contribution in [0.2, 0.25) is 0 Å². The van der Waals surface area contributed by atoms with E-state index in [0.717, 1.165) is 0 Å². The van der Waals surface area contributed by atoms with Gasteiger partial charge in [0.1, 0.15) is 24.2 Å². The van der Waals surface area contributed by atoms with Crippen molar-refractivity contribution in [1.82, 2.24) is 21.3 Å². The van der Waals surface area contributed by atoms with Gasteiger partial charge in [0.25, 0.3) is 0 Å². The molecule has 0 aromatic heterocycles. The molecule has 236 valence electrons. The number of primary amides is 1. The topological polar surface area (TPSA) is 276 Å². The monoisotopic (exact) mass is 584 g/mol. The van der Waals surface area contributed by atoms with Crippen LogP contribution < -0.4 is 49.9 Å². The fourth-order valence-electron chi connectivity index (χ4n) is 4.03. The van der Waals surface area contributed by atoms with Crippen LogP contribution in [0.1, 0.15) is 72.6 Å².